The van der Waals surface area contributed by atoms with Crippen LogP contribution in [0.5, 0.6) is 0 Å². The first kappa shape index (κ1) is 14.0. The van der Waals surface area contributed by atoms with Crippen molar-refractivity contribution in [1.29, 1.82) is 0 Å². The maximum Gasteiger partial charge on any atom is 0.0543 e. The fourth-order valence-corrected chi connectivity index (χ4v) is 3.81. The lowest BCUT2D eigenvalue weighted by molar-refractivity contribution is 0.0514. The van der Waals surface area contributed by atoms with E-state index >= 15 is 0 Å². The minimum absolute atomic E-state index is 0.848. The summed E-state index contributed by atoms with van der Waals surface area (Å²) in [5.74, 6) is 0.895. The Morgan fingerprint density at radius 1 is 1.10 bits per heavy atom. The molecule has 0 N–H and O–H groups in total. The molecule has 1 aromatic heterocycles. The van der Waals surface area contributed by atoms with Crippen molar-refractivity contribution in [2.75, 3.05) is 26.2 Å². The van der Waals surface area contributed by atoms with E-state index in [-0.39, 0.29) is 0 Å². The van der Waals surface area contributed by atoms with Gasteiger partial charge in [-0.25, -0.2) is 0 Å². The van der Waals surface area contributed by atoms with Crippen LogP contribution in [0.1, 0.15) is 38.3 Å². The van der Waals surface area contributed by atoms with Crippen molar-refractivity contribution >= 4 is 0 Å². The summed E-state index contributed by atoms with van der Waals surface area (Å²) >= 11 is 0. The van der Waals surface area contributed by atoms with Gasteiger partial charge in [0.15, 0.2) is 0 Å². The number of aromatic nitrogens is 1. The highest BCUT2D eigenvalue weighted by molar-refractivity contribution is 5.03. The Labute approximate surface area is 123 Å². The normalized spacial score (nSPS) is 29.4. The minimum atomic E-state index is 0.848. The van der Waals surface area contributed by atoms with Crippen LogP contribution in [-0.2, 0) is 6.54 Å². The summed E-state index contributed by atoms with van der Waals surface area (Å²) in [5, 5.41) is 0. The molecule has 2 heterocycles. The van der Waals surface area contributed by atoms with E-state index in [4.69, 9.17) is 0 Å². The molecule has 110 valence electrons. The molecule has 0 amide bonds. The van der Waals surface area contributed by atoms with Crippen LogP contribution in [0.2, 0.25) is 0 Å². The molecule has 1 aliphatic carbocycles. The van der Waals surface area contributed by atoms with Crippen LogP contribution in [0.15, 0.2) is 24.4 Å². The summed E-state index contributed by atoms with van der Waals surface area (Å²) in [6.45, 7) is 8.32. The van der Waals surface area contributed by atoms with Crippen molar-refractivity contribution in [2.45, 2.75) is 45.2 Å². The highest BCUT2D eigenvalue weighted by atomic mass is 15.3. The van der Waals surface area contributed by atoms with E-state index in [0.29, 0.717) is 0 Å². The molecule has 20 heavy (non-hydrogen) atoms. The van der Waals surface area contributed by atoms with Gasteiger partial charge in [-0.3, -0.25) is 14.8 Å². The summed E-state index contributed by atoms with van der Waals surface area (Å²) in [7, 11) is 0. The van der Waals surface area contributed by atoms with E-state index < -0.39 is 0 Å². The van der Waals surface area contributed by atoms with Crippen LogP contribution in [0, 0.1) is 5.92 Å². The number of pyridine rings is 1. The maximum atomic E-state index is 4.44. The minimum Gasteiger partial charge on any atom is -0.298 e. The molecule has 2 unspecified atom stereocenters. The monoisotopic (exact) mass is 273 g/mol. The van der Waals surface area contributed by atoms with Gasteiger partial charge < -0.3 is 0 Å². The van der Waals surface area contributed by atoms with Crippen LogP contribution >= 0.6 is 0 Å². The first-order valence-corrected chi connectivity index (χ1v) is 8.19. The molecule has 0 bridgehead atoms. The third kappa shape index (κ3) is 3.39. The zero-order valence-corrected chi connectivity index (χ0v) is 12.7. The zero-order valence-electron chi connectivity index (χ0n) is 12.7. The average molecular weight is 273 g/mol. The smallest absolute Gasteiger partial charge is 0.0543 e. The number of piperazine rings is 1. The predicted octanol–water partition coefficient (Wildman–Crippen LogP) is 2.78. The van der Waals surface area contributed by atoms with Gasteiger partial charge in [-0.1, -0.05) is 25.8 Å². The second-order valence-corrected chi connectivity index (χ2v) is 6.46. The molecule has 1 saturated carbocycles. The Kier molecular flexibility index (Phi) is 4.69. The van der Waals surface area contributed by atoms with E-state index in [9.17, 15) is 0 Å². The van der Waals surface area contributed by atoms with Gasteiger partial charge in [-0.05, 0) is 30.9 Å². The van der Waals surface area contributed by atoms with Gasteiger partial charge in [0.2, 0.25) is 0 Å². The maximum absolute atomic E-state index is 4.44. The SMILES string of the molecule is CC1CCCCC1N1CCN(Cc2ccccn2)CC1. The molecule has 3 heteroatoms. The highest BCUT2D eigenvalue weighted by Crippen LogP contribution is 2.28. The summed E-state index contributed by atoms with van der Waals surface area (Å²) in [6, 6.07) is 7.06. The Hall–Kier alpha value is -0.930. The molecule has 3 nitrogen and oxygen atoms in total. The van der Waals surface area contributed by atoms with Crippen molar-refractivity contribution in [3.8, 4) is 0 Å². The van der Waals surface area contributed by atoms with E-state index in [1.165, 1.54) is 57.6 Å². The van der Waals surface area contributed by atoms with Crippen molar-refractivity contribution in [1.82, 2.24) is 14.8 Å². The fraction of sp³-hybridized carbons (Fsp3) is 0.706. The number of rotatable bonds is 3. The number of nitrogens with zero attached hydrogens (tertiary/aromatic N) is 3. The predicted molar refractivity (Wildman–Crippen MR) is 82.5 cm³/mol. The van der Waals surface area contributed by atoms with E-state index in [2.05, 4.69) is 33.8 Å². The number of hydrogen-bond donors (Lipinski definition) is 0. The van der Waals surface area contributed by atoms with Crippen LogP contribution in [0.4, 0.5) is 0 Å². The van der Waals surface area contributed by atoms with Crippen LogP contribution < -0.4 is 0 Å². The van der Waals surface area contributed by atoms with Gasteiger partial charge >= 0.3 is 0 Å². The van der Waals surface area contributed by atoms with Gasteiger partial charge in [0.1, 0.15) is 0 Å². The van der Waals surface area contributed by atoms with Gasteiger partial charge in [0.25, 0.3) is 0 Å². The first-order valence-electron chi connectivity index (χ1n) is 8.19. The summed E-state index contributed by atoms with van der Waals surface area (Å²) < 4.78 is 0. The molecule has 2 fully saturated rings. The van der Waals surface area contributed by atoms with Crippen LogP contribution in [0.3, 0.4) is 0 Å². The molecule has 1 aliphatic heterocycles. The Morgan fingerprint density at radius 3 is 2.60 bits per heavy atom. The molecular weight excluding hydrogens is 246 g/mol. The van der Waals surface area contributed by atoms with E-state index in [0.717, 1.165) is 18.5 Å². The fourth-order valence-electron chi connectivity index (χ4n) is 3.81. The second kappa shape index (κ2) is 6.68. The third-order valence-electron chi connectivity index (χ3n) is 5.05. The first-order chi connectivity index (χ1) is 9.83. The average Bonchev–Trinajstić information content (AvgIpc) is 2.50. The lowest BCUT2D eigenvalue weighted by Gasteiger charge is -2.43. The summed E-state index contributed by atoms with van der Waals surface area (Å²) in [6.07, 6.45) is 7.62. The topological polar surface area (TPSA) is 19.4 Å². The molecule has 3 rings (SSSR count). The molecule has 2 atom stereocenters. The molecule has 1 aromatic rings. The van der Waals surface area contributed by atoms with Crippen molar-refractivity contribution in [3.63, 3.8) is 0 Å². The van der Waals surface area contributed by atoms with E-state index in [1.807, 2.05) is 12.3 Å². The lowest BCUT2D eigenvalue weighted by atomic mass is 9.84. The number of hydrogen-bond acceptors (Lipinski definition) is 3. The van der Waals surface area contributed by atoms with E-state index in [1.54, 1.807) is 0 Å². The van der Waals surface area contributed by atoms with Crippen LogP contribution in [0.25, 0.3) is 0 Å². The Bertz CT molecular complexity index is 398. The van der Waals surface area contributed by atoms with Gasteiger partial charge in [0.05, 0.1) is 5.69 Å². The molecule has 1 saturated heterocycles. The molecule has 0 aromatic carbocycles. The Balaban J connectivity index is 1.49. The van der Waals surface area contributed by atoms with Crippen molar-refractivity contribution in [2.24, 2.45) is 5.92 Å². The molecule has 0 spiro atoms. The third-order valence-corrected chi connectivity index (χ3v) is 5.05. The van der Waals surface area contributed by atoms with Gasteiger partial charge in [-0.15, -0.1) is 0 Å². The molecule has 2 aliphatic rings. The standard InChI is InChI=1S/C17H27N3/c1-15-6-2-3-8-17(15)20-12-10-19(11-13-20)14-16-7-4-5-9-18-16/h4-5,7,9,15,17H,2-3,6,8,10-14H2,1H3. The summed E-state index contributed by atoms with van der Waals surface area (Å²) in [4.78, 5) is 9.74. The largest absolute Gasteiger partial charge is 0.298 e. The molecular formula is C17H27N3. The summed E-state index contributed by atoms with van der Waals surface area (Å²) in [5.41, 5.74) is 1.20. The Morgan fingerprint density at radius 2 is 1.90 bits per heavy atom. The zero-order chi connectivity index (χ0) is 13.8. The van der Waals surface area contributed by atoms with Crippen LogP contribution in [-0.4, -0.2) is 47.0 Å². The second-order valence-electron chi connectivity index (χ2n) is 6.46. The quantitative estimate of drug-likeness (QED) is 0.844. The molecule has 0 radical (unpaired) electrons. The van der Waals surface area contributed by atoms with Crippen molar-refractivity contribution in [3.05, 3.63) is 30.1 Å². The van der Waals surface area contributed by atoms with Crippen molar-refractivity contribution < 1.29 is 0 Å². The lowest BCUT2D eigenvalue weighted by Crippen LogP contribution is -2.52. The van der Waals surface area contributed by atoms with Gasteiger partial charge in [0, 0.05) is 45.0 Å². The highest BCUT2D eigenvalue weighted by Gasteiger charge is 2.29. The van der Waals surface area contributed by atoms with Gasteiger partial charge in [-0.2, -0.15) is 0 Å².